The van der Waals surface area contributed by atoms with E-state index in [1.807, 2.05) is 13.0 Å². The molecular weight excluding hydrogens is 328 g/mol. The van der Waals surface area contributed by atoms with Crippen molar-refractivity contribution in [3.8, 4) is 0 Å². The number of carbonyl (C=O) groups excluding carboxylic acids is 2. The van der Waals surface area contributed by atoms with Crippen LogP contribution in [0.3, 0.4) is 0 Å². The molecule has 0 amide bonds. The lowest BCUT2D eigenvalue weighted by Gasteiger charge is -2.58. The van der Waals surface area contributed by atoms with Gasteiger partial charge in [0.25, 0.3) is 0 Å². The number of carbonyl (C=O) groups is 2. The number of Topliss-reactive ketones (excluding diaryl/α,β-unsaturated/α-hetero) is 1. The third-order valence-corrected chi connectivity index (χ3v) is 8.71. The van der Waals surface area contributed by atoms with Gasteiger partial charge in [0, 0.05) is 10.8 Å². The van der Waals surface area contributed by atoms with Crippen LogP contribution in [0.4, 0.5) is 0 Å². The van der Waals surface area contributed by atoms with Crippen molar-refractivity contribution >= 4 is 11.6 Å². The quantitative estimate of drug-likeness (QED) is 0.796. The van der Waals surface area contributed by atoms with Crippen LogP contribution in [0, 0.1) is 34.5 Å². The topological polar surface area (TPSA) is 74.6 Å². The lowest BCUT2D eigenvalue weighted by molar-refractivity contribution is -0.169. The monoisotopic (exact) mass is 358 g/mol. The van der Waals surface area contributed by atoms with Gasteiger partial charge in [-0.25, -0.2) is 0 Å². The predicted molar refractivity (Wildman–Crippen MR) is 98.2 cm³/mol. The van der Waals surface area contributed by atoms with Crippen molar-refractivity contribution in [2.24, 2.45) is 34.5 Å². The van der Waals surface area contributed by atoms with Gasteiger partial charge in [0.05, 0.1) is 0 Å². The minimum Gasteiger partial charge on any atom is -0.388 e. The number of hydrogen-bond acceptors (Lipinski definition) is 4. The number of allylic oxidation sites excluding steroid dienone is 4. The summed E-state index contributed by atoms with van der Waals surface area (Å²) in [6.45, 7) is 5.69. The van der Waals surface area contributed by atoms with Crippen LogP contribution < -0.4 is 0 Å². The summed E-state index contributed by atoms with van der Waals surface area (Å²) in [7, 11) is 0. The van der Waals surface area contributed by atoms with Crippen LogP contribution in [0.1, 0.15) is 52.9 Å². The zero-order valence-electron chi connectivity index (χ0n) is 16.0. The zero-order chi connectivity index (χ0) is 18.9. The minimum atomic E-state index is -1.42. The van der Waals surface area contributed by atoms with E-state index in [1.165, 1.54) is 5.57 Å². The first-order chi connectivity index (χ1) is 12.2. The molecule has 3 fully saturated rings. The van der Waals surface area contributed by atoms with Gasteiger partial charge in [-0.2, -0.15) is 0 Å². The fourth-order valence-corrected chi connectivity index (χ4v) is 7.25. The van der Waals surface area contributed by atoms with E-state index in [0.717, 1.165) is 32.1 Å². The molecule has 2 N–H and O–H groups in total. The van der Waals surface area contributed by atoms with Gasteiger partial charge < -0.3 is 10.2 Å². The smallest absolute Gasteiger partial charge is 0.190 e. The first kappa shape index (κ1) is 18.1. The molecule has 0 bridgehead atoms. The van der Waals surface area contributed by atoms with E-state index in [1.54, 1.807) is 6.08 Å². The van der Waals surface area contributed by atoms with Gasteiger partial charge >= 0.3 is 0 Å². The second-order valence-corrected chi connectivity index (χ2v) is 9.54. The average Bonchev–Trinajstić information content (AvgIpc) is 2.83. The summed E-state index contributed by atoms with van der Waals surface area (Å²) in [5.74, 6) is 0.707. The van der Waals surface area contributed by atoms with Crippen molar-refractivity contribution in [3.05, 3.63) is 23.8 Å². The van der Waals surface area contributed by atoms with Gasteiger partial charge in [0.15, 0.2) is 11.6 Å². The highest BCUT2D eigenvalue weighted by atomic mass is 16.3. The Morgan fingerprint density at radius 3 is 2.69 bits per heavy atom. The van der Waals surface area contributed by atoms with Crippen LogP contribution >= 0.6 is 0 Å². The van der Waals surface area contributed by atoms with Crippen molar-refractivity contribution in [1.82, 2.24) is 0 Å². The Morgan fingerprint density at radius 1 is 1.27 bits per heavy atom. The molecule has 0 aromatic rings. The van der Waals surface area contributed by atoms with E-state index in [0.29, 0.717) is 11.8 Å². The second kappa shape index (κ2) is 5.62. The Hall–Kier alpha value is -1.26. The Balaban J connectivity index is 1.72. The molecule has 4 unspecified atom stereocenters. The summed E-state index contributed by atoms with van der Waals surface area (Å²) in [5, 5.41) is 20.9. The van der Waals surface area contributed by atoms with Gasteiger partial charge in [0.1, 0.15) is 12.2 Å². The molecule has 0 saturated heterocycles. The number of hydrogen-bond donors (Lipinski definition) is 2. The highest BCUT2D eigenvalue weighted by molar-refractivity contribution is 6.01. The van der Waals surface area contributed by atoms with Gasteiger partial charge in [-0.05, 0) is 67.9 Å². The fraction of sp³-hybridized carbons (Fsp3) is 0.727. The number of aliphatic hydroxyl groups is 2. The predicted octanol–water partition coefficient (Wildman–Crippen LogP) is 2.83. The largest absolute Gasteiger partial charge is 0.388 e. The third kappa shape index (κ3) is 2.03. The summed E-state index contributed by atoms with van der Waals surface area (Å²) in [6.07, 6.45) is 10.1. The van der Waals surface area contributed by atoms with E-state index >= 15 is 0 Å². The first-order valence-corrected chi connectivity index (χ1v) is 9.99. The molecule has 4 nitrogen and oxygen atoms in total. The Labute approximate surface area is 155 Å². The van der Waals surface area contributed by atoms with Gasteiger partial charge in [0.2, 0.25) is 0 Å². The van der Waals surface area contributed by atoms with Crippen LogP contribution in [0.5, 0.6) is 0 Å². The van der Waals surface area contributed by atoms with Gasteiger partial charge in [-0.15, -0.1) is 0 Å². The summed E-state index contributed by atoms with van der Waals surface area (Å²) >= 11 is 0. The van der Waals surface area contributed by atoms with Gasteiger partial charge in [-0.1, -0.05) is 32.4 Å². The molecule has 4 aliphatic rings. The van der Waals surface area contributed by atoms with Crippen LogP contribution in [0.15, 0.2) is 23.8 Å². The number of fused-ring (bicyclic) bond motifs is 5. The van der Waals surface area contributed by atoms with Crippen molar-refractivity contribution in [2.75, 3.05) is 6.61 Å². The highest BCUT2D eigenvalue weighted by Crippen LogP contribution is 2.68. The average molecular weight is 358 g/mol. The van der Waals surface area contributed by atoms with Crippen LogP contribution in [0.25, 0.3) is 0 Å². The summed E-state index contributed by atoms with van der Waals surface area (Å²) < 4.78 is 0. The van der Waals surface area contributed by atoms with E-state index < -0.39 is 23.4 Å². The maximum absolute atomic E-state index is 12.5. The molecule has 4 rings (SSSR count). The molecule has 0 spiro atoms. The van der Waals surface area contributed by atoms with Crippen molar-refractivity contribution in [2.45, 2.75) is 58.5 Å². The molecular formula is C22H30O4. The van der Waals surface area contributed by atoms with Crippen molar-refractivity contribution < 1.29 is 19.8 Å². The molecule has 3 saturated carbocycles. The molecule has 0 heterocycles. The van der Waals surface area contributed by atoms with Crippen LogP contribution in [-0.4, -0.2) is 34.0 Å². The van der Waals surface area contributed by atoms with E-state index in [4.69, 9.17) is 0 Å². The SMILES string of the molecule is C[C@@H]1CC2C3CCC4=CC(=O)C=C[C@]4(C)C3CC[C@]2(C)C1(O)C(=O)CO. The molecule has 4 aliphatic carbocycles. The normalized spacial score (nSPS) is 49.9. The lowest BCUT2D eigenvalue weighted by Crippen LogP contribution is -2.59. The maximum atomic E-state index is 12.5. The van der Waals surface area contributed by atoms with E-state index in [9.17, 15) is 19.8 Å². The van der Waals surface area contributed by atoms with Crippen molar-refractivity contribution in [3.63, 3.8) is 0 Å². The summed E-state index contributed by atoms with van der Waals surface area (Å²) in [6, 6.07) is 0. The molecule has 4 heteroatoms. The zero-order valence-corrected chi connectivity index (χ0v) is 16.0. The fourth-order valence-electron chi connectivity index (χ4n) is 7.25. The van der Waals surface area contributed by atoms with Crippen LogP contribution in [-0.2, 0) is 9.59 Å². The molecule has 142 valence electrons. The molecule has 7 atom stereocenters. The minimum absolute atomic E-state index is 0.0803. The number of aliphatic hydroxyl groups excluding tert-OH is 1. The van der Waals surface area contributed by atoms with Crippen LogP contribution in [0.2, 0.25) is 0 Å². The molecule has 0 aromatic carbocycles. The standard InChI is InChI=1S/C22H30O4/c1-13-10-18-16-5-4-14-11-15(24)6-8-20(14,2)17(16)7-9-21(18,3)22(13,26)19(25)12-23/h6,8,11,13,16-18,23,26H,4-5,7,9-10,12H2,1-3H3/t13-,16?,17?,18?,20+,21+,22?/m1/s1. The molecule has 0 aliphatic heterocycles. The highest BCUT2D eigenvalue weighted by Gasteiger charge is 2.68. The molecule has 0 aromatic heterocycles. The van der Waals surface area contributed by atoms with E-state index in [-0.39, 0.29) is 23.0 Å². The third-order valence-electron chi connectivity index (χ3n) is 8.71. The Kier molecular flexibility index (Phi) is 3.92. The summed E-state index contributed by atoms with van der Waals surface area (Å²) in [5.41, 5.74) is -0.725. The second-order valence-electron chi connectivity index (χ2n) is 9.54. The lowest BCUT2D eigenvalue weighted by atomic mass is 9.47. The molecule has 0 radical (unpaired) electrons. The van der Waals surface area contributed by atoms with E-state index in [2.05, 4.69) is 19.9 Å². The Morgan fingerprint density at radius 2 is 2.00 bits per heavy atom. The summed E-state index contributed by atoms with van der Waals surface area (Å²) in [4.78, 5) is 24.4. The Bertz CT molecular complexity index is 722. The first-order valence-electron chi connectivity index (χ1n) is 9.99. The molecule has 26 heavy (non-hydrogen) atoms. The number of ketones is 2. The maximum Gasteiger partial charge on any atom is 0.190 e. The van der Waals surface area contributed by atoms with Gasteiger partial charge in [-0.3, -0.25) is 9.59 Å². The number of rotatable bonds is 2. The van der Waals surface area contributed by atoms with Crippen molar-refractivity contribution in [1.29, 1.82) is 0 Å².